The molecule has 0 radical (unpaired) electrons. The number of nitrogens with zero attached hydrogens (tertiary/aromatic N) is 1. The van der Waals surface area contributed by atoms with E-state index in [0.717, 1.165) is 18.5 Å². The predicted molar refractivity (Wildman–Crippen MR) is 63.7 cm³/mol. The van der Waals surface area contributed by atoms with Gasteiger partial charge in [-0.2, -0.15) is 8.78 Å². The zero-order valence-electron chi connectivity index (χ0n) is 10.2. The maximum absolute atomic E-state index is 12.0. The molecule has 2 atom stereocenters. The van der Waals surface area contributed by atoms with Crippen LogP contribution >= 0.6 is 0 Å². The van der Waals surface area contributed by atoms with Gasteiger partial charge >= 0.3 is 6.61 Å². The van der Waals surface area contributed by atoms with Crippen molar-refractivity contribution in [1.29, 1.82) is 0 Å². The van der Waals surface area contributed by atoms with Crippen LogP contribution in [-0.2, 0) is 0 Å². The summed E-state index contributed by atoms with van der Waals surface area (Å²) in [5, 5.41) is 9.49. The van der Waals surface area contributed by atoms with Gasteiger partial charge in [0.15, 0.2) is 0 Å². The molecule has 1 aromatic carbocycles. The molecule has 1 aliphatic heterocycles. The molecule has 1 aromatic rings. The first-order chi connectivity index (χ1) is 8.56. The van der Waals surface area contributed by atoms with Crippen molar-refractivity contribution in [3.63, 3.8) is 0 Å². The Morgan fingerprint density at radius 3 is 2.50 bits per heavy atom. The van der Waals surface area contributed by atoms with E-state index in [1.807, 2.05) is 6.92 Å². The number of hydrogen-bond acceptors (Lipinski definition) is 3. The van der Waals surface area contributed by atoms with Crippen molar-refractivity contribution in [1.82, 2.24) is 4.90 Å². The van der Waals surface area contributed by atoms with Crippen molar-refractivity contribution in [2.24, 2.45) is 0 Å². The minimum atomic E-state index is -2.79. The summed E-state index contributed by atoms with van der Waals surface area (Å²) in [5.74, 6) is 0.169. The maximum atomic E-state index is 12.0. The molecule has 1 saturated heterocycles. The lowest BCUT2D eigenvalue weighted by Crippen LogP contribution is -2.25. The number of aliphatic hydroxyl groups is 1. The highest BCUT2D eigenvalue weighted by molar-refractivity contribution is 5.29. The van der Waals surface area contributed by atoms with Crippen molar-refractivity contribution in [2.45, 2.75) is 32.1 Å². The molecular weight excluding hydrogens is 240 g/mol. The van der Waals surface area contributed by atoms with Gasteiger partial charge in [0.25, 0.3) is 0 Å². The molecule has 0 aromatic heterocycles. The van der Waals surface area contributed by atoms with Crippen molar-refractivity contribution in [3.8, 4) is 5.75 Å². The lowest BCUT2D eigenvalue weighted by molar-refractivity contribution is -0.0498. The largest absolute Gasteiger partial charge is 0.435 e. The predicted octanol–water partition coefficient (Wildman–Crippen LogP) is 2.42. The van der Waals surface area contributed by atoms with Crippen molar-refractivity contribution in [3.05, 3.63) is 29.8 Å². The molecule has 1 fully saturated rings. The van der Waals surface area contributed by atoms with Crippen LogP contribution in [0.1, 0.15) is 24.9 Å². The first-order valence-corrected chi connectivity index (χ1v) is 6.03. The van der Waals surface area contributed by atoms with E-state index in [2.05, 4.69) is 9.64 Å². The summed E-state index contributed by atoms with van der Waals surface area (Å²) in [6, 6.07) is 6.83. The van der Waals surface area contributed by atoms with Crippen molar-refractivity contribution >= 4 is 0 Å². The van der Waals surface area contributed by atoms with Gasteiger partial charge in [0.05, 0.1) is 6.10 Å². The summed E-state index contributed by atoms with van der Waals surface area (Å²) in [4.78, 5) is 2.17. The Morgan fingerprint density at radius 1 is 1.33 bits per heavy atom. The van der Waals surface area contributed by atoms with Gasteiger partial charge in [0.1, 0.15) is 5.75 Å². The molecule has 5 heteroatoms. The molecule has 0 bridgehead atoms. The molecule has 1 heterocycles. The zero-order chi connectivity index (χ0) is 13.1. The second-order valence-electron chi connectivity index (χ2n) is 4.56. The summed E-state index contributed by atoms with van der Waals surface area (Å²) in [5.41, 5.74) is 1.03. The number of rotatable bonds is 4. The molecule has 0 aliphatic carbocycles. The van der Waals surface area contributed by atoms with Gasteiger partial charge in [-0.3, -0.25) is 4.90 Å². The topological polar surface area (TPSA) is 32.7 Å². The second kappa shape index (κ2) is 5.63. The fourth-order valence-corrected chi connectivity index (χ4v) is 2.26. The SMILES string of the molecule is CC(c1ccc(OC(F)F)cc1)N1CC[C@H](O)C1. The summed E-state index contributed by atoms with van der Waals surface area (Å²) in [7, 11) is 0. The molecule has 0 spiro atoms. The molecule has 100 valence electrons. The molecular formula is C13H17F2NO2. The van der Waals surface area contributed by atoms with Gasteiger partial charge in [-0.05, 0) is 31.0 Å². The van der Waals surface area contributed by atoms with Crippen LogP contribution in [0.15, 0.2) is 24.3 Å². The quantitative estimate of drug-likeness (QED) is 0.899. The third kappa shape index (κ3) is 3.17. The van der Waals surface area contributed by atoms with Gasteiger partial charge in [0, 0.05) is 19.1 Å². The Labute approximate surface area is 105 Å². The van der Waals surface area contributed by atoms with E-state index in [-0.39, 0.29) is 17.9 Å². The number of aliphatic hydroxyl groups excluding tert-OH is 1. The minimum Gasteiger partial charge on any atom is -0.435 e. The molecule has 1 unspecified atom stereocenters. The van der Waals surface area contributed by atoms with E-state index < -0.39 is 6.61 Å². The third-order valence-electron chi connectivity index (χ3n) is 3.33. The molecule has 0 amide bonds. The van der Waals surface area contributed by atoms with Crippen LogP contribution in [0.2, 0.25) is 0 Å². The monoisotopic (exact) mass is 257 g/mol. The van der Waals surface area contributed by atoms with Crippen molar-refractivity contribution in [2.75, 3.05) is 13.1 Å². The first kappa shape index (κ1) is 13.2. The van der Waals surface area contributed by atoms with Crippen LogP contribution in [0.5, 0.6) is 5.75 Å². The highest BCUT2D eigenvalue weighted by Gasteiger charge is 2.25. The Hall–Kier alpha value is -1.20. The van der Waals surface area contributed by atoms with Gasteiger partial charge in [0.2, 0.25) is 0 Å². The molecule has 2 rings (SSSR count). The number of alkyl halides is 2. The third-order valence-corrected chi connectivity index (χ3v) is 3.33. The van der Waals surface area contributed by atoms with E-state index >= 15 is 0 Å². The van der Waals surface area contributed by atoms with Crippen LogP contribution in [0.25, 0.3) is 0 Å². The number of benzene rings is 1. The molecule has 1 N–H and O–H groups in total. The smallest absolute Gasteiger partial charge is 0.387 e. The van der Waals surface area contributed by atoms with E-state index in [4.69, 9.17) is 0 Å². The average molecular weight is 257 g/mol. The van der Waals surface area contributed by atoms with Crippen LogP contribution in [0.4, 0.5) is 8.78 Å². The van der Waals surface area contributed by atoms with Gasteiger partial charge in [-0.1, -0.05) is 12.1 Å². The molecule has 3 nitrogen and oxygen atoms in total. The first-order valence-electron chi connectivity index (χ1n) is 6.03. The number of likely N-dealkylation sites (tertiary alicyclic amines) is 1. The Bertz CT molecular complexity index is 383. The van der Waals surface area contributed by atoms with Gasteiger partial charge < -0.3 is 9.84 Å². The average Bonchev–Trinajstić information content (AvgIpc) is 2.75. The fourth-order valence-electron chi connectivity index (χ4n) is 2.26. The summed E-state index contributed by atoms with van der Waals surface area (Å²) in [6.45, 7) is 0.775. The van der Waals surface area contributed by atoms with Crippen molar-refractivity contribution < 1.29 is 18.6 Å². The maximum Gasteiger partial charge on any atom is 0.387 e. The van der Waals surface area contributed by atoms with Crippen LogP contribution < -0.4 is 4.74 Å². The van der Waals surface area contributed by atoms with E-state index in [1.165, 1.54) is 0 Å². The Kier molecular flexibility index (Phi) is 4.14. The molecule has 1 aliphatic rings. The van der Waals surface area contributed by atoms with Gasteiger partial charge in [-0.25, -0.2) is 0 Å². The lowest BCUT2D eigenvalue weighted by Gasteiger charge is -2.24. The van der Waals surface area contributed by atoms with E-state index in [1.54, 1.807) is 24.3 Å². The number of ether oxygens (including phenoxy) is 1. The van der Waals surface area contributed by atoms with Crippen LogP contribution in [-0.4, -0.2) is 35.8 Å². The fraction of sp³-hybridized carbons (Fsp3) is 0.538. The minimum absolute atomic E-state index is 0.169. The highest BCUT2D eigenvalue weighted by atomic mass is 19.3. The summed E-state index contributed by atoms with van der Waals surface area (Å²) < 4.78 is 28.3. The van der Waals surface area contributed by atoms with E-state index in [0.29, 0.717) is 6.54 Å². The Morgan fingerprint density at radius 2 is 2.00 bits per heavy atom. The number of halogens is 2. The summed E-state index contributed by atoms with van der Waals surface area (Å²) in [6.07, 6.45) is 0.533. The molecule has 18 heavy (non-hydrogen) atoms. The van der Waals surface area contributed by atoms with Gasteiger partial charge in [-0.15, -0.1) is 0 Å². The highest BCUT2D eigenvalue weighted by Crippen LogP contribution is 2.26. The summed E-state index contributed by atoms with van der Waals surface area (Å²) >= 11 is 0. The standard InChI is InChI=1S/C13H17F2NO2/c1-9(16-7-6-11(17)8-16)10-2-4-12(5-3-10)18-13(14)15/h2-5,9,11,13,17H,6-8H2,1H3/t9?,11-/m0/s1. The molecule has 0 saturated carbocycles. The number of hydrogen-bond donors (Lipinski definition) is 1. The van der Waals surface area contributed by atoms with E-state index in [9.17, 15) is 13.9 Å². The van der Waals surface area contributed by atoms with Crippen LogP contribution in [0.3, 0.4) is 0 Å². The Balaban J connectivity index is 2.00. The zero-order valence-corrected chi connectivity index (χ0v) is 10.2. The number of β-amino-alcohol motifs (C(OH)–C–C–N with tert-alkyl or cyclic N) is 1. The second-order valence-corrected chi connectivity index (χ2v) is 4.56. The van der Waals surface area contributed by atoms with Crippen LogP contribution in [0, 0.1) is 0 Å². The lowest BCUT2D eigenvalue weighted by atomic mass is 10.1. The normalized spacial score (nSPS) is 22.4.